The molecule has 0 saturated carbocycles. The molecule has 0 bridgehead atoms. The zero-order chi connectivity index (χ0) is 7.56. The van der Waals surface area contributed by atoms with Crippen molar-refractivity contribution < 1.29 is 0 Å². The lowest BCUT2D eigenvalue weighted by Gasteiger charge is -1.88. The van der Waals surface area contributed by atoms with E-state index < -0.39 is 0 Å². The van der Waals surface area contributed by atoms with Crippen molar-refractivity contribution in [3.8, 4) is 0 Å². The van der Waals surface area contributed by atoms with Crippen LogP contribution < -0.4 is 5.73 Å². The quantitative estimate of drug-likeness (QED) is 0.436. The number of nitrogens with zero attached hydrogens (tertiary/aromatic N) is 2. The molecular formula is C7H8N3+. The number of hydrogen-bond acceptors (Lipinski definition) is 2. The van der Waals surface area contributed by atoms with Gasteiger partial charge in [0, 0.05) is 6.07 Å². The first-order valence-corrected chi connectivity index (χ1v) is 2.95. The summed E-state index contributed by atoms with van der Waals surface area (Å²) < 4.78 is 0. The molecule has 0 radical (unpaired) electrons. The maximum Gasteiger partial charge on any atom is 0.407 e. The van der Waals surface area contributed by atoms with Crippen LogP contribution >= 0.6 is 0 Å². The van der Waals surface area contributed by atoms with Crippen molar-refractivity contribution in [3.63, 3.8) is 0 Å². The van der Waals surface area contributed by atoms with Crippen LogP contribution in [0.5, 0.6) is 0 Å². The summed E-state index contributed by atoms with van der Waals surface area (Å²) in [7, 11) is 0. The first-order chi connectivity index (χ1) is 4.74. The topological polar surface area (TPSA) is 54.2 Å². The summed E-state index contributed by atoms with van der Waals surface area (Å²) in [4.78, 5) is 2.99. The second-order valence-corrected chi connectivity index (χ2v) is 2.16. The second-order valence-electron chi connectivity index (χ2n) is 2.16. The van der Waals surface area contributed by atoms with Gasteiger partial charge in [0.25, 0.3) is 0 Å². The van der Waals surface area contributed by atoms with E-state index >= 15 is 0 Å². The summed E-state index contributed by atoms with van der Waals surface area (Å²) in [6.07, 6.45) is 0. The van der Waals surface area contributed by atoms with Crippen LogP contribution in [0.25, 0.3) is 4.98 Å². The minimum atomic E-state index is 0.422. The van der Waals surface area contributed by atoms with Gasteiger partial charge in [-0.2, -0.15) is 0 Å². The van der Waals surface area contributed by atoms with Crippen LogP contribution in [-0.2, 0) is 0 Å². The lowest BCUT2D eigenvalue weighted by Crippen LogP contribution is -1.84. The highest BCUT2D eigenvalue weighted by atomic mass is 14.9. The molecule has 0 amide bonds. The average molecular weight is 134 g/mol. The Morgan fingerprint density at radius 1 is 1.50 bits per heavy atom. The van der Waals surface area contributed by atoms with Crippen molar-refractivity contribution in [2.24, 2.45) is 0 Å². The predicted molar refractivity (Wildman–Crippen MR) is 40.3 cm³/mol. The molecule has 0 aliphatic carbocycles. The predicted octanol–water partition coefficient (Wildman–Crippen LogP) is 2.06. The molecule has 0 saturated heterocycles. The van der Waals surface area contributed by atoms with Gasteiger partial charge in [0.05, 0.1) is 0 Å². The van der Waals surface area contributed by atoms with Gasteiger partial charge in [-0.05, 0) is 18.6 Å². The van der Waals surface area contributed by atoms with Gasteiger partial charge in [-0.1, -0.05) is 6.07 Å². The molecule has 50 valence electrons. The molecule has 0 heterocycles. The fourth-order valence-corrected chi connectivity index (χ4v) is 0.765. The van der Waals surface area contributed by atoms with E-state index in [-0.39, 0.29) is 0 Å². The molecule has 0 unspecified atom stereocenters. The number of benzene rings is 1. The fraction of sp³-hybridized carbons (Fsp3) is 0.143. The van der Waals surface area contributed by atoms with Crippen molar-refractivity contribution >= 4 is 11.4 Å². The lowest BCUT2D eigenvalue weighted by atomic mass is 10.2. The van der Waals surface area contributed by atoms with Gasteiger partial charge in [0.1, 0.15) is 5.69 Å². The molecule has 3 nitrogen and oxygen atoms in total. The van der Waals surface area contributed by atoms with E-state index in [1.165, 1.54) is 0 Å². The van der Waals surface area contributed by atoms with Crippen molar-refractivity contribution in [1.82, 2.24) is 0 Å². The molecule has 0 aliphatic rings. The zero-order valence-corrected chi connectivity index (χ0v) is 5.70. The number of aryl methyl sites for hydroxylation is 1. The summed E-state index contributed by atoms with van der Waals surface area (Å²) in [5.41, 5.74) is 7.46. The van der Waals surface area contributed by atoms with E-state index in [2.05, 4.69) is 4.98 Å². The molecule has 0 aliphatic heterocycles. The van der Waals surface area contributed by atoms with E-state index in [1.54, 1.807) is 12.1 Å². The smallest absolute Gasteiger partial charge is 0.392 e. The monoisotopic (exact) mass is 134 g/mol. The second kappa shape index (κ2) is 2.36. The first-order valence-electron chi connectivity index (χ1n) is 2.95. The largest absolute Gasteiger partial charge is 0.407 e. The summed E-state index contributed by atoms with van der Waals surface area (Å²) in [5, 5.41) is 8.35. The van der Waals surface area contributed by atoms with Gasteiger partial charge in [-0.3, -0.25) is 0 Å². The molecule has 0 spiro atoms. The Morgan fingerprint density at radius 3 is 2.70 bits per heavy atom. The van der Waals surface area contributed by atoms with Crippen LogP contribution in [0.1, 0.15) is 5.56 Å². The van der Waals surface area contributed by atoms with Crippen LogP contribution in [0.4, 0.5) is 11.4 Å². The van der Waals surface area contributed by atoms with Gasteiger partial charge in [0.15, 0.2) is 4.98 Å². The third-order valence-electron chi connectivity index (χ3n) is 1.29. The van der Waals surface area contributed by atoms with Gasteiger partial charge in [0.2, 0.25) is 5.39 Å². The maximum atomic E-state index is 8.35. The Kier molecular flexibility index (Phi) is 1.55. The SMILES string of the molecule is Cc1ccc([N+]#N)c(N)c1. The molecule has 0 fully saturated rings. The Morgan fingerprint density at radius 2 is 2.20 bits per heavy atom. The Labute approximate surface area is 59.1 Å². The Bertz CT molecular complexity index is 285. The third-order valence-corrected chi connectivity index (χ3v) is 1.29. The van der Waals surface area contributed by atoms with Crippen molar-refractivity contribution in [1.29, 1.82) is 5.39 Å². The zero-order valence-electron chi connectivity index (χ0n) is 5.70. The van der Waals surface area contributed by atoms with Gasteiger partial charge in [-0.15, -0.1) is 0 Å². The molecule has 3 heteroatoms. The number of nitrogens with two attached hydrogens (primary N) is 1. The molecular weight excluding hydrogens is 126 g/mol. The third kappa shape index (κ3) is 1.06. The van der Waals surface area contributed by atoms with E-state index in [9.17, 15) is 0 Å². The number of anilines is 1. The highest BCUT2D eigenvalue weighted by Gasteiger charge is 2.08. The number of hydrogen-bond donors (Lipinski definition) is 1. The molecule has 0 atom stereocenters. The number of nitrogen functional groups attached to an aromatic ring is 1. The standard InChI is InChI=1S/C7H8N3/c1-5-2-3-7(10-9)6(8)4-5/h2-4H,8H2,1H3/q+1. The van der Waals surface area contributed by atoms with Crippen molar-refractivity contribution in [3.05, 3.63) is 28.7 Å². The highest BCUT2D eigenvalue weighted by molar-refractivity contribution is 5.67. The Balaban J connectivity index is 3.23. The van der Waals surface area contributed by atoms with Crippen LogP contribution in [0.2, 0.25) is 0 Å². The van der Waals surface area contributed by atoms with Gasteiger partial charge in [-0.25, -0.2) is 0 Å². The van der Waals surface area contributed by atoms with Crippen molar-refractivity contribution in [2.45, 2.75) is 6.92 Å². The van der Waals surface area contributed by atoms with Crippen LogP contribution in [0.15, 0.2) is 18.2 Å². The van der Waals surface area contributed by atoms with E-state index in [0.717, 1.165) is 5.56 Å². The van der Waals surface area contributed by atoms with E-state index in [0.29, 0.717) is 11.4 Å². The molecule has 0 aromatic heterocycles. The van der Waals surface area contributed by atoms with Gasteiger partial charge >= 0.3 is 5.69 Å². The summed E-state index contributed by atoms with van der Waals surface area (Å²) in [6.45, 7) is 1.93. The van der Waals surface area contributed by atoms with E-state index in [1.807, 2.05) is 13.0 Å². The van der Waals surface area contributed by atoms with Crippen LogP contribution in [-0.4, -0.2) is 0 Å². The molecule has 2 N–H and O–H groups in total. The number of diazo groups is 1. The van der Waals surface area contributed by atoms with Crippen LogP contribution in [0.3, 0.4) is 0 Å². The molecule has 1 rings (SSSR count). The van der Waals surface area contributed by atoms with E-state index in [4.69, 9.17) is 11.1 Å². The molecule has 1 aromatic rings. The average Bonchev–Trinajstić information content (AvgIpc) is 1.88. The summed E-state index contributed by atoms with van der Waals surface area (Å²) in [5.74, 6) is 0. The summed E-state index contributed by atoms with van der Waals surface area (Å²) in [6, 6.07) is 5.27. The van der Waals surface area contributed by atoms with Gasteiger partial charge < -0.3 is 5.73 Å². The maximum absolute atomic E-state index is 8.35. The first kappa shape index (κ1) is 6.56. The summed E-state index contributed by atoms with van der Waals surface area (Å²) >= 11 is 0. The molecule has 10 heavy (non-hydrogen) atoms. The van der Waals surface area contributed by atoms with Crippen molar-refractivity contribution in [2.75, 3.05) is 5.73 Å². The minimum absolute atomic E-state index is 0.422. The number of rotatable bonds is 0. The minimum Gasteiger partial charge on any atom is -0.392 e. The molecule has 1 aromatic carbocycles. The Hall–Kier alpha value is -1.56. The fourth-order valence-electron chi connectivity index (χ4n) is 0.765. The normalized spacial score (nSPS) is 8.80. The lowest BCUT2D eigenvalue weighted by molar-refractivity contribution is 1.43. The van der Waals surface area contributed by atoms with Crippen LogP contribution in [0, 0.1) is 12.3 Å². The highest BCUT2D eigenvalue weighted by Crippen LogP contribution is 2.21.